The van der Waals surface area contributed by atoms with Crippen LogP contribution in [-0.4, -0.2) is 24.9 Å². The summed E-state index contributed by atoms with van der Waals surface area (Å²) in [6.45, 7) is 4.96. The topological polar surface area (TPSA) is 12.0 Å². The van der Waals surface area contributed by atoms with Crippen molar-refractivity contribution in [1.82, 2.24) is 5.32 Å². The first-order valence-electron chi connectivity index (χ1n) is 5.72. The molecule has 1 nitrogen and oxygen atoms in total. The molecule has 0 spiro atoms. The van der Waals surface area contributed by atoms with Crippen LogP contribution in [0.2, 0.25) is 0 Å². The summed E-state index contributed by atoms with van der Waals surface area (Å²) in [7, 11) is 0. The normalized spacial score (nSPS) is 16.5. The van der Waals surface area contributed by atoms with Gasteiger partial charge in [-0.2, -0.15) is 8.78 Å². The monoisotopic (exact) mass is 243 g/mol. The number of halogens is 4. The van der Waals surface area contributed by atoms with Crippen LogP contribution in [-0.2, 0) is 0 Å². The Morgan fingerprint density at radius 3 is 2.06 bits per heavy atom. The minimum atomic E-state index is -3.93. The second kappa shape index (κ2) is 7.09. The molecule has 0 amide bonds. The van der Waals surface area contributed by atoms with Crippen molar-refractivity contribution in [3.8, 4) is 0 Å². The predicted octanol–water partition coefficient (Wildman–Crippen LogP) is 3.69. The summed E-state index contributed by atoms with van der Waals surface area (Å²) in [5.41, 5.74) is 0. The van der Waals surface area contributed by atoms with Crippen LogP contribution in [0.5, 0.6) is 0 Å². The predicted molar refractivity (Wildman–Crippen MR) is 57.1 cm³/mol. The summed E-state index contributed by atoms with van der Waals surface area (Å²) in [5, 5.41) is 2.53. The Morgan fingerprint density at radius 1 is 1.12 bits per heavy atom. The number of rotatable bonds is 8. The molecule has 0 aliphatic rings. The van der Waals surface area contributed by atoms with Crippen molar-refractivity contribution in [1.29, 1.82) is 0 Å². The smallest absolute Gasteiger partial charge is 0.308 e. The first-order chi connectivity index (χ1) is 7.33. The Hall–Kier alpha value is -0.320. The van der Waals surface area contributed by atoms with E-state index in [0.717, 1.165) is 12.8 Å². The second-order valence-corrected chi connectivity index (χ2v) is 4.30. The minimum Gasteiger partial charge on any atom is -0.308 e. The highest BCUT2D eigenvalue weighted by Crippen LogP contribution is 2.22. The third-order valence-corrected chi connectivity index (χ3v) is 2.82. The van der Waals surface area contributed by atoms with E-state index in [1.807, 2.05) is 20.8 Å². The Kier molecular flexibility index (Phi) is 6.95. The molecule has 0 rings (SSSR count). The molecule has 0 aliphatic heterocycles. The van der Waals surface area contributed by atoms with Crippen molar-refractivity contribution >= 4 is 0 Å². The van der Waals surface area contributed by atoms with Crippen LogP contribution in [0.15, 0.2) is 0 Å². The van der Waals surface area contributed by atoms with Crippen molar-refractivity contribution in [2.45, 2.75) is 58.4 Å². The van der Waals surface area contributed by atoms with E-state index >= 15 is 0 Å². The van der Waals surface area contributed by atoms with Gasteiger partial charge in [-0.1, -0.05) is 27.2 Å². The average molecular weight is 243 g/mol. The highest BCUT2D eigenvalue weighted by atomic mass is 19.3. The van der Waals surface area contributed by atoms with Gasteiger partial charge in [0.2, 0.25) is 0 Å². The largest absolute Gasteiger partial charge is 0.319 e. The van der Waals surface area contributed by atoms with E-state index in [1.165, 1.54) is 0 Å². The van der Waals surface area contributed by atoms with Gasteiger partial charge in [0.15, 0.2) is 0 Å². The van der Waals surface area contributed by atoms with Gasteiger partial charge in [-0.15, -0.1) is 0 Å². The summed E-state index contributed by atoms with van der Waals surface area (Å²) in [6, 6.07) is -0.112. The summed E-state index contributed by atoms with van der Waals surface area (Å²) in [6.07, 6.45) is -1.22. The van der Waals surface area contributed by atoms with Crippen molar-refractivity contribution in [2.75, 3.05) is 6.54 Å². The molecule has 0 fully saturated rings. The van der Waals surface area contributed by atoms with Crippen LogP contribution in [0, 0.1) is 5.92 Å². The fraction of sp³-hybridized carbons (Fsp3) is 1.00. The Bertz CT molecular complexity index is 185. The fourth-order valence-corrected chi connectivity index (χ4v) is 1.40. The third-order valence-electron chi connectivity index (χ3n) is 2.82. The lowest BCUT2D eigenvalue weighted by atomic mass is 9.98. The Morgan fingerprint density at radius 2 is 1.69 bits per heavy atom. The molecule has 16 heavy (non-hydrogen) atoms. The van der Waals surface area contributed by atoms with E-state index in [2.05, 4.69) is 5.32 Å². The molecule has 5 heteroatoms. The standard InChI is InChI=1S/C11H21F4N/c1-4-8(3)6-9(5-2)16-7-11(14,15)10(12)13/h8-10,16H,4-7H2,1-3H3. The van der Waals surface area contributed by atoms with Gasteiger partial charge >= 0.3 is 12.3 Å². The number of alkyl halides is 4. The molecular weight excluding hydrogens is 222 g/mol. The van der Waals surface area contributed by atoms with Crippen LogP contribution in [0.25, 0.3) is 0 Å². The van der Waals surface area contributed by atoms with E-state index in [-0.39, 0.29) is 6.04 Å². The zero-order valence-corrected chi connectivity index (χ0v) is 10.1. The van der Waals surface area contributed by atoms with Gasteiger partial charge in [-0.05, 0) is 18.8 Å². The summed E-state index contributed by atoms with van der Waals surface area (Å²) in [5.74, 6) is -3.51. The van der Waals surface area contributed by atoms with Gasteiger partial charge in [-0.25, -0.2) is 8.78 Å². The van der Waals surface area contributed by atoms with Gasteiger partial charge in [0.25, 0.3) is 0 Å². The van der Waals surface area contributed by atoms with Gasteiger partial charge < -0.3 is 5.32 Å². The van der Waals surface area contributed by atoms with E-state index < -0.39 is 18.9 Å². The van der Waals surface area contributed by atoms with Crippen molar-refractivity contribution in [2.24, 2.45) is 5.92 Å². The maximum atomic E-state index is 12.6. The summed E-state index contributed by atoms with van der Waals surface area (Å²) >= 11 is 0. The van der Waals surface area contributed by atoms with Crippen LogP contribution < -0.4 is 5.32 Å². The quantitative estimate of drug-likeness (QED) is 0.641. The molecule has 0 saturated heterocycles. The maximum absolute atomic E-state index is 12.6. The van der Waals surface area contributed by atoms with Crippen molar-refractivity contribution < 1.29 is 17.6 Å². The van der Waals surface area contributed by atoms with Gasteiger partial charge in [-0.3, -0.25) is 0 Å². The molecule has 2 unspecified atom stereocenters. The van der Waals surface area contributed by atoms with E-state index in [1.54, 1.807) is 0 Å². The zero-order valence-electron chi connectivity index (χ0n) is 10.1. The Labute approximate surface area is 94.6 Å². The molecule has 98 valence electrons. The number of hydrogen-bond donors (Lipinski definition) is 1. The molecule has 0 radical (unpaired) electrons. The maximum Gasteiger partial charge on any atom is 0.319 e. The van der Waals surface area contributed by atoms with Gasteiger partial charge in [0.1, 0.15) is 0 Å². The third kappa shape index (κ3) is 5.68. The first kappa shape index (κ1) is 15.7. The van der Waals surface area contributed by atoms with E-state index in [0.29, 0.717) is 12.3 Å². The van der Waals surface area contributed by atoms with Gasteiger partial charge in [0.05, 0.1) is 6.54 Å². The molecule has 0 aromatic heterocycles. The molecule has 0 heterocycles. The van der Waals surface area contributed by atoms with Crippen molar-refractivity contribution in [3.63, 3.8) is 0 Å². The minimum absolute atomic E-state index is 0.112. The molecule has 0 aromatic carbocycles. The van der Waals surface area contributed by atoms with Crippen LogP contribution in [0.3, 0.4) is 0 Å². The lowest BCUT2D eigenvalue weighted by molar-refractivity contribution is -0.126. The highest BCUT2D eigenvalue weighted by Gasteiger charge is 2.40. The average Bonchev–Trinajstić information content (AvgIpc) is 2.23. The summed E-state index contributed by atoms with van der Waals surface area (Å²) < 4.78 is 49.1. The van der Waals surface area contributed by atoms with E-state index in [9.17, 15) is 17.6 Å². The Balaban J connectivity index is 4.04. The van der Waals surface area contributed by atoms with Crippen molar-refractivity contribution in [3.05, 3.63) is 0 Å². The van der Waals surface area contributed by atoms with Crippen LogP contribution >= 0.6 is 0 Å². The molecule has 2 atom stereocenters. The molecule has 0 aromatic rings. The first-order valence-corrected chi connectivity index (χ1v) is 5.72. The lowest BCUT2D eigenvalue weighted by Gasteiger charge is -2.23. The van der Waals surface area contributed by atoms with Crippen LogP contribution in [0.1, 0.15) is 40.0 Å². The molecule has 0 aliphatic carbocycles. The molecule has 0 bridgehead atoms. The fourth-order valence-electron chi connectivity index (χ4n) is 1.40. The van der Waals surface area contributed by atoms with Gasteiger partial charge in [0, 0.05) is 6.04 Å². The number of hydrogen-bond acceptors (Lipinski definition) is 1. The summed E-state index contributed by atoms with van der Waals surface area (Å²) in [4.78, 5) is 0. The second-order valence-electron chi connectivity index (χ2n) is 4.30. The lowest BCUT2D eigenvalue weighted by Crippen LogP contribution is -2.43. The molecule has 1 N–H and O–H groups in total. The van der Waals surface area contributed by atoms with E-state index in [4.69, 9.17) is 0 Å². The highest BCUT2D eigenvalue weighted by molar-refractivity contribution is 4.76. The molecule has 0 saturated carbocycles. The van der Waals surface area contributed by atoms with Crippen LogP contribution in [0.4, 0.5) is 17.6 Å². The molecular formula is C11H21F4N. The zero-order chi connectivity index (χ0) is 12.8. The number of nitrogens with one attached hydrogen (secondary N) is 1. The SMILES string of the molecule is CCC(C)CC(CC)NCC(F)(F)C(F)F.